The molecular weight excluding hydrogens is 987 g/mol. The fourth-order valence-corrected chi connectivity index (χ4v) is 10.5. The number of nitrogens with zero attached hydrogens (tertiary/aromatic N) is 2. The van der Waals surface area contributed by atoms with Crippen LogP contribution in [0.4, 0.5) is 0 Å². The third-order valence-corrected chi connectivity index (χ3v) is 15.3. The second-order valence-electron chi connectivity index (χ2n) is 22.6. The Labute approximate surface area is 478 Å². The van der Waals surface area contributed by atoms with Crippen LogP contribution in [0.2, 0.25) is 0 Å². The van der Waals surface area contributed by atoms with Crippen molar-refractivity contribution in [1.82, 2.24) is 0 Å². The Morgan fingerprint density at radius 2 is 0.568 bits per heavy atom. The molecule has 2 nitrogen and oxygen atoms in total. The maximum atomic E-state index is 12.0. The van der Waals surface area contributed by atoms with Gasteiger partial charge < -0.3 is 19.4 Å². The van der Waals surface area contributed by atoms with Gasteiger partial charge in [-0.25, -0.2) is 4.70 Å². The van der Waals surface area contributed by atoms with Gasteiger partial charge in [0.25, 0.3) is 0 Å². The molecule has 0 aliphatic carbocycles. The first-order valence-corrected chi connectivity index (χ1v) is 32.7. The van der Waals surface area contributed by atoms with Crippen LogP contribution in [0.25, 0.3) is 16.9 Å². The second kappa shape index (κ2) is 53.2. The van der Waals surface area contributed by atoms with Gasteiger partial charge >= 0.3 is 20.4 Å². The molecule has 1 aliphatic rings. The van der Waals surface area contributed by atoms with E-state index in [2.05, 4.69) is 105 Å². The van der Waals surface area contributed by atoms with E-state index in [1.165, 1.54) is 283 Å². The van der Waals surface area contributed by atoms with Crippen molar-refractivity contribution in [2.45, 2.75) is 344 Å². The zero-order valence-electron chi connectivity index (χ0n) is 50.7. The molecule has 0 saturated heterocycles. The van der Waals surface area contributed by atoms with Gasteiger partial charge in [0.1, 0.15) is 0 Å². The predicted octanol–water partition coefficient (Wildman–Crippen LogP) is 24.8. The molecular formula is C71H124N2Pd. The summed E-state index contributed by atoms with van der Waals surface area (Å²) in [5, 5.41) is 0. The van der Waals surface area contributed by atoms with Crippen molar-refractivity contribution in [2.75, 3.05) is 0 Å². The minimum atomic E-state index is 0. The third kappa shape index (κ3) is 37.1. The van der Waals surface area contributed by atoms with E-state index in [1.54, 1.807) is 4.70 Å². The number of unbranched alkanes of at least 4 members (excludes halogenated alkanes) is 34. The first-order valence-electron chi connectivity index (χ1n) is 32.7. The van der Waals surface area contributed by atoms with Gasteiger partial charge in [-0.1, -0.05) is 279 Å². The van der Waals surface area contributed by atoms with Crippen molar-refractivity contribution in [1.29, 1.82) is 0 Å². The Balaban J connectivity index is 0.00000141. The average molecular weight is 1110 g/mol. The molecule has 1 aliphatic heterocycles. The molecule has 0 aromatic heterocycles. The van der Waals surface area contributed by atoms with E-state index in [-0.39, 0.29) is 20.4 Å². The summed E-state index contributed by atoms with van der Waals surface area (Å²) >= 11 is 0. The van der Waals surface area contributed by atoms with E-state index in [4.69, 9.17) is 0 Å². The minimum absolute atomic E-state index is 0. The van der Waals surface area contributed by atoms with Gasteiger partial charge in [-0.2, -0.15) is 12.8 Å². The SMILES string of the molecule is CCCCCCc1cc(CCCCCC)cc(C2=CC(CCCCC)=C(c3cc(CCCC)cc(CCCC)c3)[N+]2=[N-])c1.[CH2-]CCCCCCCCCCCCCC.[CH2-]CCCCCCCCCCCCCC.[Pd+2]. The van der Waals surface area contributed by atoms with Gasteiger partial charge in [-0.15, -0.1) is 0 Å². The summed E-state index contributed by atoms with van der Waals surface area (Å²) in [5.41, 5.74) is 23.3. The monoisotopic (exact) mass is 1110 g/mol. The zero-order chi connectivity index (χ0) is 53.3. The smallest absolute Gasteiger partial charge is 0.493 e. The van der Waals surface area contributed by atoms with Gasteiger partial charge in [-0.05, 0) is 111 Å². The molecule has 428 valence electrons. The fraction of sp³-hybridized carbons (Fsp3) is 0.746. The maximum absolute atomic E-state index is 12.0. The largest absolute Gasteiger partial charge is 2.00 e. The van der Waals surface area contributed by atoms with Crippen LogP contribution in [0, 0.1) is 13.8 Å². The average Bonchev–Trinajstić information content (AvgIpc) is 3.74. The zero-order valence-corrected chi connectivity index (χ0v) is 52.2. The van der Waals surface area contributed by atoms with Crippen molar-refractivity contribution in [2.24, 2.45) is 0 Å². The minimum Gasteiger partial charge on any atom is -0.493 e. The molecule has 2 aromatic rings. The summed E-state index contributed by atoms with van der Waals surface area (Å²) in [7, 11) is 0. The van der Waals surface area contributed by atoms with Crippen molar-refractivity contribution in [3.05, 3.63) is 101 Å². The normalized spacial score (nSPS) is 12.1. The molecule has 0 spiro atoms. The van der Waals surface area contributed by atoms with Crippen molar-refractivity contribution in [3.8, 4) is 0 Å². The number of aryl methyl sites for hydroxylation is 4. The molecule has 0 saturated carbocycles. The van der Waals surface area contributed by atoms with Crippen LogP contribution in [-0.4, -0.2) is 4.70 Å². The van der Waals surface area contributed by atoms with Gasteiger partial charge in [0, 0.05) is 22.8 Å². The van der Waals surface area contributed by atoms with Crippen LogP contribution in [0.5, 0.6) is 0 Å². The first kappa shape index (κ1) is 72.2. The van der Waals surface area contributed by atoms with Gasteiger partial charge in [0.05, 0.1) is 0 Å². The first-order chi connectivity index (χ1) is 35.9. The number of hydrogen-bond acceptors (Lipinski definition) is 0. The summed E-state index contributed by atoms with van der Waals surface area (Å²) in [5.74, 6) is 0. The molecule has 0 bridgehead atoms. The van der Waals surface area contributed by atoms with Gasteiger partial charge in [0.15, 0.2) is 0 Å². The maximum Gasteiger partial charge on any atom is 2.00 e. The molecule has 3 heteroatoms. The predicted molar refractivity (Wildman–Crippen MR) is 331 cm³/mol. The summed E-state index contributed by atoms with van der Waals surface area (Å²) in [6.45, 7) is 23.7. The Morgan fingerprint density at radius 3 is 0.892 bits per heavy atom. The summed E-state index contributed by atoms with van der Waals surface area (Å²) < 4.78 is 1.56. The Hall–Kier alpha value is -1.82. The quantitative estimate of drug-likeness (QED) is 0.0273. The van der Waals surface area contributed by atoms with Crippen LogP contribution in [0.3, 0.4) is 0 Å². The van der Waals surface area contributed by atoms with Crippen LogP contribution >= 0.6 is 0 Å². The van der Waals surface area contributed by atoms with E-state index < -0.39 is 0 Å². The van der Waals surface area contributed by atoms with Crippen molar-refractivity contribution in [3.63, 3.8) is 0 Å². The molecule has 0 amide bonds. The Morgan fingerprint density at radius 1 is 0.311 bits per heavy atom. The second-order valence-corrected chi connectivity index (χ2v) is 22.6. The molecule has 0 radical (unpaired) electrons. The van der Waals surface area contributed by atoms with E-state index in [0.29, 0.717) is 0 Å². The molecule has 3 rings (SSSR count). The summed E-state index contributed by atoms with van der Waals surface area (Å²) in [6.07, 6.45) is 63.1. The van der Waals surface area contributed by atoms with E-state index in [1.807, 2.05) is 0 Å². The van der Waals surface area contributed by atoms with E-state index in [0.717, 1.165) is 62.8 Å². The molecule has 0 fully saturated rings. The van der Waals surface area contributed by atoms with Gasteiger partial charge in [0.2, 0.25) is 11.4 Å². The third-order valence-electron chi connectivity index (χ3n) is 15.3. The molecule has 1 heterocycles. The van der Waals surface area contributed by atoms with Crippen LogP contribution < -0.4 is 0 Å². The number of rotatable bonds is 46. The molecule has 2 aromatic carbocycles. The molecule has 0 atom stereocenters. The fourth-order valence-electron chi connectivity index (χ4n) is 10.5. The van der Waals surface area contributed by atoms with E-state index >= 15 is 0 Å². The van der Waals surface area contributed by atoms with Crippen LogP contribution in [-0.2, 0) is 46.1 Å². The number of benzene rings is 2. The Bertz CT molecular complexity index is 1530. The van der Waals surface area contributed by atoms with Crippen molar-refractivity contribution >= 4 is 11.4 Å². The number of allylic oxidation sites excluding steroid dienone is 2. The van der Waals surface area contributed by atoms with Crippen LogP contribution in [0.1, 0.15) is 352 Å². The van der Waals surface area contributed by atoms with Crippen LogP contribution in [0.15, 0.2) is 48.0 Å². The molecule has 0 unspecified atom stereocenters. The number of hydrogen-bond donors (Lipinski definition) is 0. The summed E-state index contributed by atoms with van der Waals surface area (Å²) in [6, 6.07) is 14.3. The standard InChI is InChI=1S/C41H62N2.2C15H31.Pd/c1-6-11-16-19-23-35-27-36(24-20-17-12-7-2)29-38(28-35)40-32-37(25-18-13-8-3)41(43(40)42)39-30-33(21-14-9-4)26-34(31-39)22-15-10-5;2*1-3-5-7-9-11-13-15-14-12-10-8-6-4-2;/h26-32H,6-25H2,1-5H3;2*1,3-15H2,2H3;/q;2*-1;+2. The van der Waals surface area contributed by atoms with E-state index in [9.17, 15) is 5.53 Å². The molecule has 74 heavy (non-hydrogen) atoms. The van der Waals surface area contributed by atoms with Crippen molar-refractivity contribution < 1.29 is 25.1 Å². The van der Waals surface area contributed by atoms with Gasteiger partial charge in [-0.3, -0.25) is 0 Å². The topological polar surface area (TPSA) is 25.3 Å². The Kier molecular flexibility index (Phi) is 51.9. The molecule has 0 N–H and O–H groups in total. The summed E-state index contributed by atoms with van der Waals surface area (Å²) in [4.78, 5) is 0.